The fraction of sp³-hybridized carbons (Fsp3) is 0.350. The molecule has 0 aliphatic rings. The molecule has 3 nitrogen and oxygen atoms in total. The van der Waals surface area contributed by atoms with Gasteiger partial charge in [-0.05, 0) is 49.6 Å². The zero-order chi connectivity index (χ0) is 17.5. The lowest BCUT2D eigenvalue weighted by atomic mass is 10.0. The summed E-state index contributed by atoms with van der Waals surface area (Å²) in [6.45, 7) is 8.76. The standard InChI is InChI=1S/C20H25NO2S/c1-5-23-19-9-7-6-8-18(19)21-20(22)15(4)24-17-12-10-16(11-13-17)14(2)3/h6-15H,5H2,1-4H3,(H,21,22). The Morgan fingerprint density at radius 1 is 1.08 bits per heavy atom. The molecule has 0 saturated carbocycles. The van der Waals surface area contributed by atoms with E-state index < -0.39 is 0 Å². The maximum atomic E-state index is 12.5. The molecule has 24 heavy (non-hydrogen) atoms. The van der Waals surface area contributed by atoms with Gasteiger partial charge in [0.05, 0.1) is 17.5 Å². The van der Waals surface area contributed by atoms with E-state index in [-0.39, 0.29) is 11.2 Å². The summed E-state index contributed by atoms with van der Waals surface area (Å²) in [7, 11) is 0. The van der Waals surface area contributed by atoms with Gasteiger partial charge in [-0.3, -0.25) is 4.79 Å². The first-order chi connectivity index (χ1) is 11.5. The molecule has 0 bridgehead atoms. The number of ether oxygens (including phenoxy) is 1. The highest BCUT2D eigenvalue weighted by Gasteiger charge is 2.16. The molecule has 1 atom stereocenters. The summed E-state index contributed by atoms with van der Waals surface area (Å²) in [5.74, 6) is 1.19. The van der Waals surface area contributed by atoms with Gasteiger partial charge in [0, 0.05) is 4.90 Å². The number of benzene rings is 2. The minimum atomic E-state index is -0.190. The Kier molecular flexibility index (Phi) is 6.73. The van der Waals surface area contributed by atoms with Crippen LogP contribution >= 0.6 is 11.8 Å². The molecule has 0 aromatic heterocycles. The molecule has 2 rings (SSSR count). The number of nitrogens with one attached hydrogen (secondary N) is 1. The number of amides is 1. The second-order valence-corrected chi connectivity index (χ2v) is 7.32. The van der Waals surface area contributed by atoms with E-state index in [4.69, 9.17) is 4.74 Å². The molecule has 0 aliphatic heterocycles. The molecule has 0 saturated heterocycles. The minimum Gasteiger partial charge on any atom is -0.492 e. The Balaban J connectivity index is 1.99. The predicted molar refractivity (Wildman–Crippen MR) is 102 cm³/mol. The Bertz CT molecular complexity index is 668. The van der Waals surface area contributed by atoms with Crippen LogP contribution in [0.4, 0.5) is 5.69 Å². The summed E-state index contributed by atoms with van der Waals surface area (Å²) < 4.78 is 5.55. The fourth-order valence-electron chi connectivity index (χ4n) is 2.27. The molecule has 1 N–H and O–H groups in total. The molecule has 2 aromatic rings. The van der Waals surface area contributed by atoms with Crippen LogP contribution in [0.25, 0.3) is 0 Å². The monoisotopic (exact) mass is 343 g/mol. The van der Waals surface area contributed by atoms with E-state index in [1.54, 1.807) is 11.8 Å². The van der Waals surface area contributed by atoms with Gasteiger partial charge in [0.25, 0.3) is 0 Å². The van der Waals surface area contributed by atoms with Crippen LogP contribution in [0.15, 0.2) is 53.4 Å². The molecule has 1 unspecified atom stereocenters. The summed E-state index contributed by atoms with van der Waals surface area (Å²) >= 11 is 1.56. The smallest absolute Gasteiger partial charge is 0.237 e. The number of hydrogen-bond donors (Lipinski definition) is 1. The summed E-state index contributed by atoms with van der Waals surface area (Å²) in [5, 5.41) is 2.77. The second kappa shape index (κ2) is 8.78. The van der Waals surface area contributed by atoms with Crippen molar-refractivity contribution in [2.45, 2.75) is 43.8 Å². The van der Waals surface area contributed by atoms with Crippen LogP contribution in [0.1, 0.15) is 39.2 Å². The first-order valence-electron chi connectivity index (χ1n) is 8.30. The first-order valence-corrected chi connectivity index (χ1v) is 9.18. The third-order valence-corrected chi connectivity index (χ3v) is 4.79. The lowest BCUT2D eigenvalue weighted by Crippen LogP contribution is -2.22. The lowest BCUT2D eigenvalue weighted by Gasteiger charge is -2.15. The molecule has 0 fully saturated rings. The van der Waals surface area contributed by atoms with Crippen LogP contribution in [0.5, 0.6) is 5.75 Å². The van der Waals surface area contributed by atoms with Crippen LogP contribution in [-0.4, -0.2) is 17.8 Å². The van der Waals surface area contributed by atoms with Gasteiger partial charge in [0.15, 0.2) is 0 Å². The Morgan fingerprint density at radius 3 is 2.38 bits per heavy atom. The zero-order valence-corrected chi connectivity index (χ0v) is 15.5. The van der Waals surface area contributed by atoms with E-state index in [1.807, 2.05) is 38.1 Å². The highest BCUT2D eigenvalue weighted by atomic mass is 32.2. The van der Waals surface area contributed by atoms with Crippen LogP contribution in [0, 0.1) is 0 Å². The lowest BCUT2D eigenvalue weighted by molar-refractivity contribution is -0.115. The molecule has 2 aromatic carbocycles. The second-order valence-electron chi connectivity index (χ2n) is 5.90. The van der Waals surface area contributed by atoms with Crippen molar-refractivity contribution >= 4 is 23.4 Å². The largest absolute Gasteiger partial charge is 0.492 e. The summed E-state index contributed by atoms with van der Waals surface area (Å²) in [5.41, 5.74) is 2.02. The molecule has 128 valence electrons. The average Bonchev–Trinajstić information content (AvgIpc) is 2.57. The highest BCUT2D eigenvalue weighted by molar-refractivity contribution is 8.00. The third kappa shape index (κ3) is 5.03. The number of carbonyl (C=O) groups is 1. The van der Waals surface area contributed by atoms with Gasteiger partial charge in [-0.25, -0.2) is 0 Å². The van der Waals surface area contributed by atoms with Crippen LogP contribution in [-0.2, 0) is 4.79 Å². The van der Waals surface area contributed by atoms with Crippen LogP contribution < -0.4 is 10.1 Å². The van der Waals surface area contributed by atoms with Crippen molar-refractivity contribution in [2.24, 2.45) is 0 Å². The summed E-state index contributed by atoms with van der Waals surface area (Å²) in [6.07, 6.45) is 0. The maximum Gasteiger partial charge on any atom is 0.237 e. The van der Waals surface area contributed by atoms with Gasteiger partial charge in [0.2, 0.25) is 5.91 Å². The average molecular weight is 343 g/mol. The number of hydrogen-bond acceptors (Lipinski definition) is 3. The SMILES string of the molecule is CCOc1ccccc1NC(=O)C(C)Sc1ccc(C(C)C)cc1. The predicted octanol–water partition coefficient (Wildman–Crippen LogP) is 5.33. The number of anilines is 1. The number of rotatable bonds is 7. The summed E-state index contributed by atoms with van der Waals surface area (Å²) in [4.78, 5) is 13.6. The van der Waals surface area contributed by atoms with Gasteiger partial charge in [-0.15, -0.1) is 11.8 Å². The van der Waals surface area contributed by atoms with Gasteiger partial charge in [-0.1, -0.05) is 38.1 Å². The van der Waals surface area contributed by atoms with Crippen molar-refractivity contribution in [3.05, 3.63) is 54.1 Å². The highest BCUT2D eigenvalue weighted by Crippen LogP contribution is 2.28. The Labute approximate surface area is 148 Å². The van der Waals surface area contributed by atoms with Crippen molar-refractivity contribution < 1.29 is 9.53 Å². The topological polar surface area (TPSA) is 38.3 Å². The molecule has 4 heteroatoms. The van der Waals surface area contributed by atoms with Crippen molar-refractivity contribution in [3.8, 4) is 5.75 Å². The summed E-state index contributed by atoms with van der Waals surface area (Å²) in [6, 6.07) is 15.9. The Hall–Kier alpha value is -1.94. The molecular formula is C20H25NO2S. The first kappa shape index (κ1) is 18.4. The van der Waals surface area contributed by atoms with E-state index in [2.05, 4.69) is 43.4 Å². The van der Waals surface area contributed by atoms with Crippen molar-refractivity contribution in [2.75, 3.05) is 11.9 Å². The molecular weight excluding hydrogens is 318 g/mol. The molecule has 0 aliphatic carbocycles. The molecule has 0 spiro atoms. The van der Waals surface area contributed by atoms with Gasteiger partial charge in [-0.2, -0.15) is 0 Å². The van der Waals surface area contributed by atoms with E-state index in [9.17, 15) is 4.79 Å². The van der Waals surface area contributed by atoms with E-state index in [1.165, 1.54) is 5.56 Å². The Morgan fingerprint density at radius 2 is 1.75 bits per heavy atom. The van der Waals surface area contributed by atoms with Gasteiger partial charge >= 0.3 is 0 Å². The van der Waals surface area contributed by atoms with E-state index >= 15 is 0 Å². The fourth-order valence-corrected chi connectivity index (χ4v) is 3.14. The quantitative estimate of drug-likeness (QED) is 0.691. The third-order valence-electron chi connectivity index (χ3n) is 3.67. The van der Waals surface area contributed by atoms with Crippen molar-refractivity contribution in [3.63, 3.8) is 0 Å². The van der Waals surface area contributed by atoms with E-state index in [0.717, 1.165) is 4.90 Å². The molecule has 0 heterocycles. The normalized spacial score (nSPS) is 12.0. The minimum absolute atomic E-state index is 0.0277. The van der Waals surface area contributed by atoms with E-state index in [0.29, 0.717) is 24.0 Å². The zero-order valence-electron chi connectivity index (χ0n) is 14.7. The number of carbonyl (C=O) groups excluding carboxylic acids is 1. The van der Waals surface area contributed by atoms with Gasteiger partial charge < -0.3 is 10.1 Å². The number of para-hydroxylation sites is 2. The van der Waals surface area contributed by atoms with Crippen LogP contribution in [0.2, 0.25) is 0 Å². The molecule has 1 amide bonds. The van der Waals surface area contributed by atoms with Crippen molar-refractivity contribution in [1.29, 1.82) is 0 Å². The van der Waals surface area contributed by atoms with Gasteiger partial charge in [0.1, 0.15) is 5.75 Å². The molecule has 0 radical (unpaired) electrons. The maximum absolute atomic E-state index is 12.5. The van der Waals surface area contributed by atoms with Crippen molar-refractivity contribution in [1.82, 2.24) is 0 Å². The van der Waals surface area contributed by atoms with Crippen LogP contribution in [0.3, 0.4) is 0 Å². The number of thioether (sulfide) groups is 1.